The van der Waals surface area contributed by atoms with Gasteiger partial charge in [0.1, 0.15) is 0 Å². The van der Waals surface area contributed by atoms with Crippen LogP contribution in [-0.2, 0) is 0 Å². The molecular formula is C22H26N2O3. The highest BCUT2D eigenvalue weighted by molar-refractivity contribution is 6.04. The van der Waals surface area contributed by atoms with E-state index in [0.29, 0.717) is 13.1 Å². The predicted octanol–water partition coefficient (Wildman–Crippen LogP) is 3.52. The Morgan fingerprint density at radius 3 is 2.19 bits per heavy atom. The normalized spacial score (nSPS) is 16.2. The third-order valence-corrected chi connectivity index (χ3v) is 5.41. The van der Waals surface area contributed by atoms with E-state index in [1.165, 1.54) is 22.8 Å². The number of aryl methyl sites for hydroxylation is 2. The standard InChI is InChI=1S/C22H26N2O3/c1-15-8-9-18(16(2)14-15)17(3)23-10-12-24(13-11-23)21(25)19-6-4-5-7-20(19)22(26)27/h4-9,14,17H,10-13H2,1-3H3,(H,26,27). The summed E-state index contributed by atoms with van der Waals surface area (Å²) in [6.45, 7) is 9.19. The van der Waals surface area contributed by atoms with Gasteiger partial charge in [-0.15, -0.1) is 0 Å². The highest BCUT2D eigenvalue weighted by Crippen LogP contribution is 2.25. The molecule has 1 fully saturated rings. The molecule has 0 saturated carbocycles. The summed E-state index contributed by atoms with van der Waals surface area (Å²) in [5.41, 5.74) is 4.19. The van der Waals surface area contributed by atoms with Gasteiger partial charge in [0.05, 0.1) is 11.1 Å². The Bertz CT molecular complexity index is 854. The van der Waals surface area contributed by atoms with Crippen molar-refractivity contribution in [1.82, 2.24) is 9.80 Å². The minimum atomic E-state index is -1.07. The first-order valence-electron chi connectivity index (χ1n) is 9.31. The fourth-order valence-electron chi connectivity index (χ4n) is 3.83. The number of hydrogen-bond donors (Lipinski definition) is 1. The van der Waals surface area contributed by atoms with Gasteiger partial charge in [-0.05, 0) is 44.0 Å². The van der Waals surface area contributed by atoms with Gasteiger partial charge in [0, 0.05) is 32.2 Å². The van der Waals surface area contributed by atoms with Crippen molar-refractivity contribution in [3.05, 3.63) is 70.3 Å². The van der Waals surface area contributed by atoms with Gasteiger partial charge in [0.15, 0.2) is 0 Å². The maximum atomic E-state index is 12.8. The summed E-state index contributed by atoms with van der Waals surface area (Å²) in [6.07, 6.45) is 0. The number of carbonyl (C=O) groups excluding carboxylic acids is 1. The Labute approximate surface area is 160 Å². The average Bonchev–Trinajstić information content (AvgIpc) is 2.67. The van der Waals surface area contributed by atoms with Crippen LogP contribution in [0.5, 0.6) is 0 Å². The first-order valence-corrected chi connectivity index (χ1v) is 9.31. The van der Waals surface area contributed by atoms with Gasteiger partial charge in [0.25, 0.3) is 5.91 Å². The summed E-state index contributed by atoms with van der Waals surface area (Å²) in [6, 6.07) is 13.2. The van der Waals surface area contributed by atoms with Crippen LogP contribution in [0, 0.1) is 13.8 Å². The number of aromatic carboxylic acids is 1. The van der Waals surface area contributed by atoms with Gasteiger partial charge in [-0.1, -0.05) is 35.9 Å². The molecule has 1 saturated heterocycles. The van der Waals surface area contributed by atoms with E-state index in [0.717, 1.165) is 13.1 Å². The number of nitrogens with zero attached hydrogens (tertiary/aromatic N) is 2. The zero-order valence-corrected chi connectivity index (χ0v) is 16.1. The van der Waals surface area contributed by atoms with Crippen LogP contribution in [-0.4, -0.2) is 53.0 Å². The van der Waals surface area contributed by atoms with Crippen molar-refractivity contribution in [1.29, 1.82) is 0 Å². The first kappa shape index (κ1) is 19.1. The number of hydrogen-bond acceptors (Lipinski definition) is 3. The molecule has 1 N–H and O–H groups in total. The summed E-state index contributed by atoms with van der Waals surface area (Å²) >= 11 is 0. The third-order valence-electron chi connectivity index (χ3n) is 5.41. The molecule has 1 atom stereocenters. The van der Waals surface area contributed by atoms with E-state index in [2.05, 4.69) is 43.9 Å². The van der Waals surface area contributed by atoms with Crippen molar-refractivity contribution >= 4 is 11.9 Å². The van der Waals surface area contributed by atoms with Crippen molar-refractivity contribution in [3.63, 3.8) is 0 Å². The maximum Gasteiger partial charge on any atom is 0.336 e. The fraction of sp³-hybridized carbons (Fsp3) is 0.364. The van der Waals surface area contributed by atoms with Crippen LogP contribution in [0.4, 0.5) is 0 Å². The molecule has 1 aliphatic heterocycles. The lowest BCUT2D eigenvalue weighted by molar-refractivity contribution is 0.0569. The molecule has 1 heterocycles. The lowest BCUT2D eigenvalue weighted by Crippen LogP contribution is -2.49. The largest absolute Gasteiger partial charge is 0.478 e. The number of carbonyl (C=O) groups is 2. The fourth-order valence-corrected chi connectivity index (χ4v) is 3.83. The average molecular weight is 366 g/mol. The molecule has 1 amide bonds. The van der Waals surface area contributed by atoms with Crippen LogP contribution in [0.3, 0.4) is 0 Å². The van der Waals surface area contributed by atoms with Gasteiger partial charge >= 0.3 is 5.97 Å². The molecular weight excluding hydrogens is 340 g/mol. The molecule has 27 heavy (non-hydrogen) atoms. The van der Waals surface area contributed by atoms with Gasteiger partial charge in [0.2, 0.25) is 0 Å². The molecule has 1 unspecified atom stereocenters. The lowest BCUT2D eigenvalue weighted by atomic mass is 9.98. The molecule has 3 rings (SSSR count). The van der Waals surface area contributed by atoms with E-state index >= 15 is 0 Å². The number of rotatable bonds is 4. The quantitative estimate of drug-likeness (QED) is 0.899. The topological polar surface area (TPSA) is 60.9 Å². The molecule has 2 aromatic carbocycles. The minimum Gasteiger partial charge on any atom is -0.478 e. The van der Waals surface area contributed by atoms with Crippen molar-refractivity contribution in [2.24, 2.45) is 0 Å². The van der Waals surface area contributed by atoms with E-state index in [1.807, 2.05) is 0 Å². The molecule has 5 nitrogen and oxygen atoms in total. The van der Waals surface area contributed by atoms with Crippen LogP contribution >= 0.6 is 0 Å². The molecule has 0 bridgehead atoms. The third kappa shape index (κ3) is 4.03. The summed E-state index contributed by atoms with van der Waals surface area (Å²) in [7, 11) is 0. The molecule has 142 valence electrons. The zero-order chi connectivity index (χ0) is 19.6. The van der Waals surface area contributed by atoms with Gasteiger partial charge in [-0.25, -0.2) is 4.79 Å². The number of amides is 1. The number of piperazine rings is 1. The van der Waals surface area contributed by atoms with Crippen LogP contribution in [0.15, 0.2) is 42.5 Å². The van der Waals surface area contributed by atoms with Gasteiger partial charge in [-0.3, -0.25) is 9.69 Å². The minimum absolute atomic E-state index is 0.0635. The van der Waals surface area contributed by atoms with Gasteiger partial charge < -0.3 is 10.0 Å². The number of benzene rings is 2. The van der Waals surface area contributed by atoms with Crippen LogP contribution in [0.1, 0.15) is 50.4 Å². The second-order valence-electron chi connectivity index (χ2n) is 7.21. The molecule has 2 aromatic rings. The Balaban J connectivity index is 1.68. The second kappa shape index (κ2) is 7.92. The van der Waals surface area contributed by atoms with Crippen LogP contribution in [0.2, 0.25) is 0 Å². The summed E-state index contributed by atoms with van der Waals surface area (Å²) in [5, 5.41) is 9.32. The smallest absolute Gasteiger partial charge is 0.336 e. The Hall–Kier alpha value is -2.66. The second-order valence-corrected chi connectivity index (χ2v) is 7.21. The van der Waals surface area contributed by atoms with Crippen LogP contribution in [0.25, 0.3) is 0 Å². The summed E-state index contributed by atoms with van der Waals surface area (Å²) in [5.74, 6) is -1.27. The van der Waals surface area contributed by atoms with E-state index in [-0.39, 0.29) is 23.1 Å². The molecule has 1 aliphatic rings. The lowest BCUT2D eigenvalue weighted by Gasteiger charge is -2.38. The highest BCUT2D eigenvalue weighted by Gasteiger charge is 2.27. The molecule has 0 aliphatic carbocycles. The van der Waals surface area contributed by atoms with Crippen molar-refractivity contribution in [3.8, 4) is 0 Å². The number of carboxylic acids is 1. The number of carboxylic acid groups (broad SMARTS) is 1. The first-order chi connectivity index (χ1) is 12.9. The van der Waals surface area contributed by atoms with Crippen LogP contribution < -0.4 is 0 Å². The molecule has 0 spiro atoms. The molecule has 5 heteroatoms. The van der Waals surface area contributed by atoms with E-state index in [4.69, 9.17) is 0 Å². The van der Waals surface area contributed by atoms with Crippen molar-refractivity contribution in [2.75, 3.05) is 26.2 Å². The van der Waals surface area contributed by atoms with Crippen molar-refractivity contribution < 1.29 is 14.7 Å². The Kier molecular flexibility index (Phi) is 5.61. The van der Waals surface area contributed by atoms with E-state index in [9.17, 15) is 14.7 Å². The molecule has 0 radical (unpaired) electrons. The molecule has 0 aromatic heterocycles. The van der Waals surface area contributed by atoms with E-state index in [1.54, 1.807) is 23.1 Å². The Morgan fingerprint density at radius 1 is 0.963 bits per heavy atom. The zero-order valence-electron chi connectivity index (χ0n) is 16.1. The Morgan fingerprint density at radius 2 is 1.59 bits per heavy atom. The summed E-state index contributed by atoms with van der Waals surface area (Å²) < 4.78 is 0. The van der Waals surface area contributed by atoms with Gasteiger partial charge in [-0.2, -0.15) is 0 Å². The maximum absolute atomic E-state index is 12.8. The monoisotopic (exact) mass is 366 g/mol. The predicted molar refractivity (Wildman–Crippen MR) is 105 cm³/mol. The highest BCUT2D eigenvalue weighted by atomic mass is 16.4. The van der Waals surface area contributed by atoms with E-state index < -0.39 is 5.97 Å². The SMILES string of the molecule is Cc1ccc(C(C)N2CCN(C(=O)c3ccccc3C(=O)O)CC2)c(C)c1. The van der Waals surface area contributed by atoms with Crippen molar-refractivity contribution in [2.45, 2.75) is 26.8 Å². The summed E-state index contributed by atoms with van der Waals surface area (Å²) in [4.78, 5) is 28.3.